The van der Waals surface area contributed by atoms with Crippen molar-refractivity contribution in [2.24, 2.45) is 5.41 Å². The van der Waals surface area contributed by atoms with Gasteiger partial charge in [0.05, 0.1) is 32.2 Å². The van der Waals surface area contributed by atoms with Crippen LogP contribution in [0.5, 0.6) is 0 Å². The fourth-order valence-corrected chi connectivity index (χ4v) is 7.69. The van der Waals surface area contributed by atoms with Gasteiger partial charge in [0, 0.05) is 13.0 Å². The van der Waals surface area contributed by atoms with E-state index >= 15 is 0 Å². The van der Waals surface area contributed by atoms with E-state index in [4.69, 9.17) is 4.55 Å². The van der Waals surface area contributed by atoms with E-state index in [9.17, 15) is 37.5 Å². The topological polar surface area (TPSA) is 206 Å². The molecule has 0 radical (unpaired) electrons. The molecule has 3 saturated heterocycles. The Labute approximate surface area is 297 Å². The van der Waals surface area contributed by atoms with E-state index in [-0.39, 0.29) is 32.2 Å². The van der Waals surface area contributed by atoms with Crippen molar-refractivity contribution in [3.63, 3.8) is 0 Å². The molecule has 288 valence electrons. The molecular weight excluding hydrogens is 672 g/mol. The Morgan fingerprint density at radius 2 is 1.42 bits per heavy atom. The number of likely N-dealkylation sites (tertiary alicyclic amines) is 1. The van der Waals surface area contributed by atoms with Gasteiger partial charge in [0.25, 0.3) is 11.8 Å². The summed E-state index contributed by atoms with van der Waals surface area (Å²) in [6, 6.07) is -2.77. The third-order valence-electron chi connectivity index (χ3n) is 10.2. The van der Waals surface area contributed by atoms with Gasteiger partial charge in [-0.1, -0.05) is 74.1 Å². The maximum atomic E-state index is 13.1. The first kappa shape index (κ1) is 43.1. The fraction of sp³-hybridized carbons (Fsp3) is 0.848. The highest BCUT2D eigenvalue weighted by Gasteiger charge is 2.59. The van der Waals surface area contributed by atoms with Crippen LogP contribution in [0.15, 0.2) is 0 Å². The summed E-state index contributed by atoms with van der Waals surface area (Å²) in [4.78, 5) is 63.4. The first-order chi connectivity index (χ1) is 23.3. The zero-order valence-electron chi connectivity index (χ0n) is 31.0. The molecule has 3 fully saturated rings. The second-order valence-corrected chi connectivity index (χ2v) is 15.7. The van der Waals surface area contributed by atoms with Crippen molar-refractivity contribution in [2.45, 2.75) is 143 Å². The minimum absolute atomic E-state index is 0.0563. The van der Waals surface area contributed by atoms with Crippen molar-refractivity contribution < 1.29 is 50.8 Å². The average molecular weight is 733 g/mol. The predicted octanol–water partition coefficient (Wildman–Crippen LogP) is 2.89. The van der Waals surface area contributed by atoms with Crippen LogP contribution >= 0.6 is 0 Å². The molecule has 0 unspecified atom stereocenters. The molecule has 17 heteroatoms. The van der Waals surface area contributed by atoms with Crippen LogP contribution in [0.1, 0.15) is 126 Å². The smallest absolute Gasteiger partial charge is 0.418 e. The van der Waals surface area contributed by atoms with Gasteiger partial charge in [-0.15, -0.1) is 4.28 Å². The van der Waals surface area contributed by atoms with E-state index in [2.05, 4.69) is 42.8 Å². The Morgan fingerprint density at radius 1 is 0.920 bits per heavy atom. The number of unbranched alkanes of at least 4 members (excludes halogenated alkanes) is 4. The van der Waals surface area contributed by atoms with Crippen LogP contribution < -0.4 is 16.0 Å². The number of hydrazine groups is 1. The molecule has 16 nitrogen and oxygen atoms in total. The first-order valence-electron chi connectivity index (χ1n) is 18.1. The van der Waals surface area contributed by atoms with Crippen molar-refractivity contribution in [2.75, 3.05) is 32.7 Å². The predicted molar refractivity (Wildman–Crippen MR) is 183 cm³/mol. The van der Waals surface area contributed by atoms with Gasteiger partial charge < -0.3 is 19.3 Å². The normalized spacial score (nSPS) is 22.4. The summed E-state index contributed by atoms with van der Waals surface area (Å²) in [6.45, 7) is 19.7. The van der Waals surface area contributed by atoms with Crippen LogP contribution in [-0.2, 0) is 29.1 Å². The quantitative estimate of drug-likeness (QED) is 0.120. The van der Waals surface area contributed by atoms with Crippen molar-refractivity contribution in [1.29, 1.82) is 0 Å². The van der Waals surface area contributed by atoms with Crippen molar-refractivity contribution >= 4 is 40.2 Å². The molecule has 0 aliphatic carbocycles. The Kier molecular flexibility index (Phi) is 15.9. The first-order valence-corrected chi connectivity index (χ1v) is 19.5. The molecule has 3 atom stereocenters. The number of hydrogen-bond donors (Lipinski definition) is 3. The third-order valence-corrected chi connectivity index (χ3v) is 10.5. The molecule has 3 aliphatic heterocycles. The maximum absolute atomic E-state index is 13.1. The second kappa shape index (κ2) is 18.5. The minimum atomic E-state index is -4.95. The Balaban J connectivity index is 0.000000432. The Hall–Kier alpha value is -3.02. The van der Waals surface area contributed by atoms with Crippen LogP contribution in [0.25, 0.3) is 0 Å². The highest BCUT2D eigenvalue weighted by molar-refractivity contribution is 7.80. The number of urea groups is 1. The number of nitrogens with one attached hydrogen (secondary N) is 2. The summed E-state index contributed by atoms with van der Waals surface area (Å²) >= 11 is 0. The fourth-order valence-electron chi connectivity index (χ4n) is 7.30. The van der Waals surface area contributed by atoms with Crippen LogP contribution in [0.3, 0.4) is 0 Å². The highest BCUT2D eigenvalue weighted by Crippen LogP contribution is 2.44. The number of carbonyl (C=O) groups excluding carboxylic acids is 5. The standard InChI is InChI=1S/C17H25N5O10S.C16H36N/c1-16(2,3)17(7-6-11(23)21(17)15(27)28)13(25)19-18-12(24)10-5-4-9-8-20(10)14(26)22(9)32-33(29,30)31;1-5-9-13-17(14-10-6-2,15-11-7-3)16-12-8-4/h9-10H,4-8H2,1-3H3,(H,18,24)(H,19,25)(H,27,28)(H,29,30,31);5-16H2,1-4H3/q;+1/p-1/t9-,10+,17-;/m1./s1. The summed E-state index contributed by atoms with van der Waals surface area (Å²) in [5.74, 6) is -2.57. The van der Waals surface area contributed by atoms with Gasteiger partial charge in [0.2, 0.25) is 5.91 Å². The lowest BCUT2D eigenvalue weighted by Gasteiger charge is -2.46. The number of quaternary nitrogens is 1. The number of carbonyl (C=O) groups is 5. The van der Waals surface area contributed by atoms with Gasteiger partial charge in [-0.25, -0.2) is 4.79 Å². The number of hydrogen-bond acceptors (Lipinski definition) is 9. The lowest BCUT2D eigenvalue weighted by molar-refractivity contribution is -0.929. The zero-order valence-corrected chi connectivity index (χ0v) is 31.8. The van der Waals surface area contributed by atoms with E-state index in [0.29, 0.717) is 9.96 Å². The molecule has 0 aromatic rings. The summed E-state index contributed by atoms with van der Waals surface area (Å²) in [5, 5.41) is 12.1. The number of rotatable bonds is 16. The number of imide groups is 1. The molecule has 50 heavy (non-hydrogen) atoms. The summed E-state index contributed by atoms with van der Waals surface area (Å²) in [6.07, 6.45) is 9.16. The number of nitrogens with zero attached hydrogens (tertiary/aromatic N) is 4. The van der Waals surface area contributed by atoms with Crippen molar-refractivity contribution in [1.82, 2.24) is 25.7 Å². The molecule has 0 spiro atoms. The monoisotopic (exact) mass is 732 g/mol. The van der Waals surface area contributed by atoms with E-state index in [1.54, 1.807) is 20.8 Å². The zero-order chi connectivity index (χ0) is 37.9. The Bertz CT molecular complexity index is 1270. The van der Waals surface area contributed by atoms with Gasteiger partial charge >= 0.3 is 16.4 Å². The van der Waals surface area contributed by atoms with Crippen LogP contribution in [0.2, 0.25) is 0 Å². The molecule has 0 aromatic heterocycles. The van der Waals surface area contributed by atoms with Gasteiger partial charge in [0.15, 0.2) is 0 Å². The number of fused-ring (bicyclic) bond motifs is 2. The van der Waals surface area contributed by atoms with Gasteiger partial charge in [-0.3, -0.25) is 34.7 Å². The van der Waals surface area contributed by atoms with E-state index in [0.717, 1.165) is 4.90 Å². The number of amides is 6. The van der Waals surface area contributed by atoms with Gasteiger partial charge in [0.1, 0.15) is 17.7 Å². The average Bonchev–Trinajstić information content (AvgIpc) is 3.53. The van der Waals surface area contributed by atoms with Crippen LogP contribution in [0.4, 0.5) is 9.59 Å². The van der Waals surface area contributed by atoms with Gasteiger partial charge in [-0.2, -0.15) is 13.5 Å². The molecule has 0 aromatic carbocycles. The molecule has 3 heterocycles. The molecule has 3 rings (SSSR count). The van der Waals surface area contributed by atoms with Crippen molar-refractivity contribution in [3.8, 4) is 0 Å². The summed E-state index contributed by atoms with van der Waals surface area (Å²) in [7, 11) is -4.95. The highest BCUT2D eigenvalue weighted by atomic mass is 32.3. The van der Waals surface area contributed by atoms with E-state index in [1.165, 1.54) is 82.0 Å². The lowest BCUT2D eigenvalue weighted by Crippen LogP contribution is -2.69. The Morgan fingerprint density at radius 3 is 1.84 bits per heavy atom. The van der Waals surface area contributed by atoms with Crippen LogP contribution in [-0.4, -0.2) is 113 Å². The minimum Gasteiger partial charge on any atom is -0.530 e. The lowest BCUT2D eigenvalue weighted by atomic mass is 9.71. The number of hydroxylamine groups is 2. The van der Waals surface area contributed by atoms with E-state index in [1.807, 2.05) is 0 Å². The van der Waals surface area contributed by atoms with Crippen molar-refractivity contribution in [3.05, 3.63) is 0 Å². The summed E-state index contributed by atoms with van der Waals surface area (Å²) < 4.78 is 36.5. The SMILES string of the molecule is CC(C)(C)[C@]1(C(=O)NNC(=O)[C@@H]2CC[C@@H]3CN2C(=O)N3OS(=O)(=O)O)CCC(=O)N1C(=O)[O-].CCCC[N+](CCCC)(CCCC)CCCC. The third kappa shape index (κ3) is 10.5. The second-order valence-electron chi connectivity index (χ2n) is 14.7. The number of carboxylic acid groups (broad SMARTS) is 1. The molecule has 3 aliphatic rings. The molecule has 0 saturated carbocycles. The largest absolute Gasteiger partial charge is 0.530 e. The maximum Gasteiger partial charge on any atom is 0.418 e. The molecule has 2 bridgehead atoms. The molecule has 6 amide bonds. The summed E-state index contributed by atoms with van der Waals surface area (Å²) in [5.41, 5.74) is 1.42. The van der Waals surface area contributed by atoms with E-state index < -0.39 is 63.3 Å². The molecule has 3 N–H and O–H groups in total. The molecular formula is C33H60N6O10S. The van der Waals surface area contributed by atoms with Gasteiger partial charge in [-0.05, 0) is 50.4 Å². The number of piperidine rings is 1. The van der Waals surface area contributed by atoms with Crippen LogP contribution in [0, 0.1) is 5.41 Å².